The molecule has 0 amide bonds. The van der Waals surface area contributed by atoms with Crippen molar-refractivity contribution >= 4 is 16.6 Å². The normalized spacial score (nSPS) is 18.7. The average Bonchev–Trinajstić information content (AvgIpc) is 2.38. The maximum absolute atomic E-state index is 10.1. The number of benzene rings is 1. The summed E-state index contributed by atoms with van der Waals surface area (Å²) in [5.41, 5.74) is 9.41. The Morgan fingerprint density at radius 2 is 2.28 bits per heavy atom. The molecule has 0 bridgehead atoms. The van der Waals surface area contributed by atoms with E-state index in [9.17, 15) is 5.11 Å². The first kappa shape index (κ1) is 11.3. The number of aryl methyl sites for hydroxylation is 1. The molecule has 1 unspecified atom stereocenters. The summed E-state index contributed by atoms with van der Waals surface area (Å²) in [5.74, 6) is 0.769. The average molecular weight is 244 g/mol. The molecule has 4 nitrogen and oxygen atoms in total. The van der Waals surface area contributed by atoms with Crippen molar-refractivity contribution < 1.29 is 9.84 Å². The number of nitrogens with two attached hydrogens (primary N) is 1. The Hall–Kier alpha value is -1.81. The number of nitrogens with zero attached hydrogens (tertiary/aromatic N) is 1. The smallest absolute Gasteiger partial charge is 0.121 e. The van der Waals surface area contributed by atoms with Crippen molar-refractivity contribution in [3.05, 3.63) is 29.5 Å². The summed E-state index contributed by atoms with van der Waals surface area (Å²) in [6.45, 7) is 0. The molecule has 0 saturated carbocycles. The molecule has 1 aromatic carbocycles. The maximum Gasteiger partial charge on any atom is 0.121 e. The van der Waals surface area contributed by atoms with Gasteiger partial charge in [0.15, 0.2) is 0 Å². The molecule has 3 N–H and O–H groups in total. The first-order valence-corrected chi connectivity index (χ1v) is 6.14. The molecule has 0 aliphatic heterocycles. The third-order valence-electron chi connectivity index (χ3n) is 3.58. The van der Waals surface area contributed by atoms with Crippen molar-refractivity contribution in [3.63, 3.8) is 0 Å². The zero-order chi connectivity index (χ0) is 12.7. The Labute approximate surface area is 105 Å². The lowest BCUT2D eigenvalue weighted by Crippen LogP contribution is -2.14. The predicted molar refractivity (Wildman–Crippen MR) is 70.6 cm³/mol. The second kappa shape index (κ2) is 4.14. The number of nitrogen functional groups attached to an aromatic ring is 1. The van der Waals surface area contributed by atoms with Crippen molar-refractivity contribution in [2.75, 3.05) is 12.8 Å². The Balaban J connectivity index is 2.29. The molecule has 4 heteroatoms. The van der Waals surface area contributed by atoms with Crippen LogP contribution in [-0.2, 0) is 6.42 Å². The van der Waals surface area contributed by atoms with E-state index in [1.165, 1.54) is 0 Å². The minimum absolute atomic E-state index is 0.479. The molecular weight excluding hydrogens is 228 g/mol. The van der Waals surface area contributed by atoms with Gasteiger partial charge < -0.3 is 15.6 Å². The lowest BCUT2D eigenvalue weighted by molar-refractivity contribution is 0.156. The van der Waals surface area contributed by atoms with Crippen molar-refractivity contribution in [2.24, 2.45) is 0 Å². The molecule has 94 valence electrons. The van der Waals surface area contributed by atoms with E-state index >= 15 is 0 Å². The van der Waals surface area contributed by atoms with Crippen LogP contribution in [0.15, 0.2) is 18.2 Å². The summed E-state index contributed by atoms with van der Waals surface area (Å²) in [6, 6.07) is 5.65. The fourth-order valence-electron chi connectivity index (χ4n) is 2.63. The number of pyridine rings is 1. The van der Waals surface area contributed by atoms with Crippen LogP contribution in [0.4, 0.5) is 5.69 Å². The quantitative estimate of drug-likeness (QED) is 0.807. The van der Waals surface area contributed by atoms with Crippen LogP contribution in [0.3, 0.4) is 0 Å². The molecule has 3 rings (SSSR count). The molecule has 2 aromatic rings. The number of aliphatic hydroxyl groups excluding tert-OH is 1. The molecule has 0 fully saturated rings. The van der Waals surface area contributed by atoms with Gasteiger partial charge in [0.25, 0.3) is 0 Å². The zero-order valence-corrected chi connectivity index (χ0v) is 10.3. The van der Waals surface area contributed by atoms with Gasteiger partial charge in [-0.1, -0.05) is 0 Å². The molecule has 1 aromatic heterocycles. The van der Waals surface area contributed by atoms with Gasteiger partial charge in [-0.15, -0.1) is 0 Å². The van der Waals surface area contributed by atoms with Crippen LogP contribution in [-0.4, -0.2) is 17.2 Å². The summed E-state index contributed by atoms with van der Waals surface area (Å²) in [7, 11) is 1.63. The first-order chi connectivity index (χ1) is 8.70. The second-order valence-corrected chi connectivity index (χ2v) is 4.68. The van der Waals surface area contributed by atoms with Crippen LogP contribution in [0.2, 0.25) is 0 Å². The monoisotopic (exact) mass is 244 g/mol. The van der Waals surface area contributed by atoms with E-state index in [1.54, 1.807) is 7.11 Å². The van der Waals surface area contributed by atoms with Crippen LogP contribution >= 0.6 is 0 Å². The van der Waals surface area contributed by atoms with Crippen molar-refractivity contribution in [1.29, 1.82) is 0 Å². The second-order valence-electron chi connectivity index (χ2n) is 4.68. The molecule has 1 heterocycles. The van der Waals surface area contributed by atoms with Crippen LogP contribution < -0.4 is 10.5 Å². The third-order valence-corrected chi connectivity index (χ3v) is 3.58. The summed E-state index contributed by atoms with van der Waals surface area (Å²) in [5, 5.41) is 10.9. The molecule has 0 spiro atoms. The van der Waals surface area contributed by atoms with Gasteiger partial charge in [0.2, 0.25) is 0 Å². The Kier molecular flexibility index (Phi) is 2.59. The lowest BCUT2D eigenvalue weighted by atomic mass is 9.90. The highest BCUT2D eigenvalue weighted by molar-refractivity contribution is 5.93. The summed E-state index contributed by atoms with van der Waals surface area (Å²) >= 11 is 0. The summed E-state index contributed by atoms with van der Waals surface area (Å²) in [6.07, 6.45) is 2.12. The van der Waals surface area contributed by atoms with Gasteiger partial charge >= 0.3 is 0 Å². The highest BCUT2D eigenvalue weighted by atomic mass is 16.5. The molecule has 1 aliphatic rings. The Morgan fingerprint density at radius 3 is 3.06 bits per heavy atom. The largest absolute Gasteiger partial charge is 0.497 e. The summed E-state index contributed by atoms with van der Waals surface area (Å²) < 4.78 is 5.20. The van der Waals surface area contributed by atoms with E-state index < -0.39 is 6.10 Å². The Morgan fingerprint density at radius 1 is 1.44 bits per heavy atom. The van der Waals surface area contributed by atoms with Crippen LogP contribution in [0.25, 0.3) is 10.9 Å². The number of anilines is 1. The molecule has 0 saturated heterocycles. The first-order valence-electron chi connectivity index (χ1n) is 6.14. The lowest BCUT2D eigenvalue weighted by Gasteiger charge is -2.23. The number of rotatable bonds is 1. The number of aromatic nitrogens is 1. The standard InChI is InChI=1S/C14H16N2O2/c1-18-8-5-6-9-11(7-8)16-10-3-2-4-12(17)13(10)14(9)15/h5-7,12,17H,2-4H2,1H3,(H2,15,16). The Bertz CT molecular complexity index is 610. The number of aliphatic hydroxyl groups is 1. The number of methoxy groups -OCH3 is 1. The van der Waals surface area contributed by atoms with E-state index in [0.717, 1.165) is 47.2 Å². The van der Waals surface area contributed by atoms with E-state index in [0.29, 0.717) is 5.69 Å². The highest BCUT2D eigenvalue weighted by Crippen LogP contribution is 2.37. The molecule has 0 radical (unpaired) electrons. The van der Waals surface area contributed by atoms with Gasteiger partial charge in [0.1, 0.15) is 5.75 Å². The maximum atomic E-state index is 10.1. The van der Waals surface area contributed by atoms with E-state index in [-0.39, 0.29) is 0 Å². The van der Waals surface area contributed by atoms with Crippen LogP contribution in [0.5, 0.6) is 5.75 Å². The minimum Gasteiger partial charge on any atom is -0.497 e. The van der Waals surface area contributed by atoms with Crippen LogP contribution in [0, 0.1) is 0 Å². The van der Waals surface area contributed by atoms with Gasteiger partial charge in [-0.3, -0.25) is 4.98 Å². The topological polar surface area (TPSA) is 68.4 Å². The molecule has 18 heavy (non-hydrogen) atoms. The summed E-state index contributed by atoms with van der Waals surface area (Å²) in [4.78, 5) is 4.62. The molecule has 1 atom stereocenters. The van der Waals surface area contributed by atoms with Crippen molar-refractivity contribution in [3.8, 4) is 5.75 Å². The number of hydrogen-bond donors (Lipinski definition) is 2. The van der Waals surface area contributed by atoms with Gasteiger partial charge in [-0.2, -0.15) is 0 Å². The number of hydrogen-bond acceptors (Lipinski definition) is 4. The van der Waals surface area contributed by atoms with E-state index in [1.807, 2.05) is 18.2 Å². The van der Waals surface area contributed by atoms with Crippen LogP contribution in [0.1, 0.15) is 30.2 Å². The zero-order valence-electron chi connectivity index (χ0n) is 10.3. The fraction of sp³-hybridized carbons (Fsp3) is 0.357. The molecule has 1 aliphatic carbocycles. The van der Waals surface area contributed by atoms with Crippen molar-refractivity contribution in [1.82, 2.24) is 4.98 Å². The SMILES string of the molecule is COc1ccc2c(N)c3c(nc2c1)CCCC3O. The number of fused-ring (bicyclic) bond motifs is 2. The van der Waals surface area contributed by atoms with E-state index in [2.05, 4.69) is 4.98 Å². The van der Waals surface area contributed by atoms with Gasteiger partial charge in [0.05, 0.1) is 18.7 Å². The number of ether oxygens (including phenoxy) is 1. The van der Waals surface area contributed by atoms with Gasteiger partial charge in [-0.25, -0.2) is 0 Å². The predicted octanol–water partition coefficient (Wildman–Crippen LogP) is 2.20. The molecular formula is C14H16N2O2. The van der Waals surface area contributed by atoms with Crippen molar-refractivity contribution in [2.45, 2.75) is 25.4 Å². The van der Waals surface area contributed by atoms with Gasteiger partial charge in [0, 0.05) is 28.4 Å². The fourth-order valence-corrected chi connectivity index (χ4v) is 2.63. The minimum atomic E-state index is -0.479. The van der Waals surface area contributed by atoms with Gasteiger partial charge in [-0.05, 0) is 31.4 Å². The third kappa shape index (κ3) is 1.61. The highest BCUT2D eigenvalue weighted by Gasteiger charge is 2.23. The van der Waals surface area contributed by atoms with E-state index in [4.69, 9.17) is 10.5 Å².